The van der Waals surface area contributed by atoms with Gasteiger partial charge in [-0.25, -0.2) is 14.6 Å². The van der Waals surface area contributed by atoms with Crippen molar-refractivity contribution in [2.75, 3.05) is 37.7 Å². The lowest BCUT2D eigenvalue weighted by Gasteiger charge is -2.35. The summed E-state index contributed by atoms with van der Waals surface area (Å²) in [5.41, 5.74) is 0.0499. The third kappa shape index (κ3) is 3.55. The van der Waals surface area contributed by atoms with Crippen LogP contribution in [-0.4, -0.2) is 59.8 Å². The molecule has 0 atom stereocenters. The summed E-state index contributed by atoms with van der Waals surface area (Å²) < 4.78 is 4.95. The van der Waals surface area contributed by atoms with E-state index in [2.05, 4.69) is 4.98 Å². The van der Waals surface area contributed by atoms with Crippen molar-refractivity contribution in [1.29, 1.82) is 0 Å². The fraction of sp³-hybridized carbons (Fsp3) is 0.462. The first kappa shape index (κ1) is 15.4. The number of hydrogen-bond acceptors (Lipinski definition) is 5. The molecule has 1 amide bonds. The first-order valence-corrected chi connectivity index (χ1v) is 6.96. The van der Waals surface area contributed by atoms with Crippen LogP contribution >= 0.6 is 11.6 Å². The summed E-state index contributed by atoms with van der Waals surface area (Å²) in [4.78, 5) is 30.1. The number of carboxylic acids is 1. The van der Waals surface area contributed by atoms with Crippen LogP contribution in [0.15, 0.2) is 12.3 Å². The van der Waals surface area contributed by atoms with E-state index in [0.29, 0.717) is 43.6 Å². The van der Waals surface area contributed by atoms with Crippen molar-refractivity contribution >= 4 is 29.5 Å². The number of ether oxygens (including phenoxy) is 1. The number of carbonyl (C=O) groups excluding carboxylic acids is 1. The largest absolute Gasteiger partial charge is 0.478 e. The first-order chi connectivity index (χ1) is 10.0. The first-order valence-electron chi connectivity index (χ1n) is 6.58. The van der Waals surface area contributed by atoms with Crippen molar-refractivity contribution in [2.24, 2.45) is 0 Å². The van der Waals surface area contributed by atoms with Gasteiger partial charge in [0.2, 0.25) is 0 Å². The van der Waals surface area contributed by atoms with Crippen LogP contribution in [0.25, 0.3) is 0 Å². The molecule has 1 aromatic rings. The fourth-order valence-corrected chi connectivity index (χ4v) is 2.38. The van der Waals surface area contributed by atoms with Crippen LogP contribution in [0.5, 0.6) is 0 Å². The van der Waals surface area contributed by atoms with Crippen molar-refractivity contribution in [1.82, 2.24) is 9.88 Å². The number of amides is 1. The molecule has 1 saturated heterocycles. The molecular formula is C13H16ClN3O4. The third-order valence-corrected chi connectivity index (χ3v) is 3.45. The summed E-state index contributed by atoms with van der Waals surface area (Å²) in [5.74, 6) is -0.534. The Balaban J connectivity index is 2.02. The topological polar surface area (TPSA) is 83.0 Å². The monoisotopic (exact) mass is 313 g/mol. The van der Waals surface area contributed by atoms with Gasteiger partial charge >= 0.3 is 12.1 Å². The molecule has 1 aliphatic rings. The lowest BCUT2D eigenvalue weighted by molar-refractivity contribution is 0.0696. The lowest BCUT2D eigenvalue weighted by Crippen LogP contribution is -2.49. The van der Waals surface area contributed by atoms with E-state index in [1.165, 1.54) is 12.3 Å². The Hall–Kier alpha value is -2.02. The molecule has 1 fully saturated rings. The standard InChI is InChI=1S/C13H16ClN3O4/c1-2-21-13(20)17-5-3-16(4-6-17)11-10(14)7-9(8-15-11)12(18)19/h7-8H,2-6H2,1H3,(H,18,19). The molecule has 0 bridgehead atoms. The normalized spacial score (nSPS) is 15.0. The second-order valence-corrected chi connectivity index (χ2v) is 4.91. The van der Waals surface area contributed by atoms with E-state index >= 15 is 0 Å². The molecule has 114 valence electrons. The van der Waals surface area contributed by atoms with Crippen LogP contribution in [0.4, 0.5) is 10.6 Å². The molecule has 0 aliphatic carbocycles. The third-order valence-electron chi connectivity index (χ3n) is 3.17. The van der Waals surface area contributed by atoms with Gasteiger partial charge in [0.15, 0.2) is 0 Å². The van der Waals surface area contributed by atoms with Crippen LogP contribution in [0.3, 0.4) is 0 Å². The Morgan fingerprint density at radius 2 is 2.05 bits per heavy atom. The number of aromatic nitrogens is 1. The Bertz CT molecular complexity index is 544. The Labute approximate surface area is 127 Å². The van der Waals surface area contributed by atoms with Gasteiger partial charge in [0.1, 0.15) is 5.82 Å². The van der Waals surface area contributed by atoms with Gasteiger partial charge in [-0.2, -0.15) is 0 Å². The molecule has 1 aromatic heterocycles. The molecule has 21 heavy (non-hydrogen) atoms. The van der Waals surface area contributed by atoms with E-state index < -0.39 is 5.97 Å². The van der Waals surface area contributed by atoms with E-state index in [1.807, 2.05) is 4.90 Å². The highest BCUT2D eigenvalue weighted by atomic mass is 35.5. The second-order valence-electron chi connectivity index (χ2n) is 4.51. The zero-order valence-electron chi connectivity index (χ0n) is 11.6. The van der Waals surface area contributed by atoms with Crippen molar-refractivity contribution in [2.45, 2.75) is 6.92 Å². The molecular weight excluding hydrogens is 298 g/mol. The number of anilines is 1. The highest BCUT2D eigenvalue weighted by Gasteiger charge is 2.24. The van der Waals surface area contributed by atoms with E-state index in [9.17, 15) is 9.59 Å². The number of hydrogen-bond donors (Lipinski definition) is 1. The summed E-state index contributed by atoms with van der Waals surface area (Å²) >= 11 is 6.08. The quantitative estimate of drug-likeness (QED) is 0.914. The molecule has 0 radical (unpaired) electrons. The van der Waals surface area contributed by atoms with Gasteiger partial charge in [-0.05, 0) is 13.0 Å². The molecule has 0 aromatic carbocycles. The minimum absolute atomic E-state index is 0.0499. The number of carboxylic acid groups (broad SMARTS) is 1. The summed E-state index contributed by atoms with van der Waals surface area (Å²) in [6, 6.07) is 1.38. The van der Waals surface area contributed by atoms with E-state index in [1.54, 1.807) is 11.8 Å². The molecule has 7 nitrogen and oxygen atoms in total. The summed E-state index contributed by atoms with van der Waals surface area (Å²) in [7, 11) is 0. The molecule has 1 N–H and O–H groups in total. The number of piperazine rings is 1. The number of rotatable bonds is 3. The van der Waals surface area contributed by atoms with Gasteiger partial charge in [0.05, 0.1) is 17.2 Å². The van der Waals surface area contributed by atoms with Crippen molar-refractivity contribution in [3.8, 4) is 0 Å². The Morgan fingerprint density at radius 3 is 2.57 bits per heavy atom. The smallest absolute Gasteiger partial charge is 0.409 e. The maximum Gasteiger partial charge on any atom is 0.409 e. The predicted molar refractivity (Wildman–Crippen MR) is 77.0 cm³/mol. The molecule has 1 aliphatic heterocycles. The minimum Gasteiger partial charge on any atom is -0.478 e. The van der Waals surface area contributed by atoms with Crippen molar-refractivity contribution in [3.63, 3.8) is 0 Å². The van der Waals surface area contributed by atoms with E-state index in [4.69, 9.17) is 21.4 Å². The number of halogens is 1. The highest BCUT2D eigenvalue weighted by Crippen LogP contribution is 2.25. The highest BCUT2D eigenvalue weighted by molar-refractivity contribution is 6.33. The van der Waals surface area contributed by atoms with Crippen LogP contribution in [0.1, 0.15) is 17.3 Å². The average Bonchev–Trinajstić information content (AvgIpc) is 2.47. The van der Waals surface area contributed by atoms with Gasteiger partial charge in [-0.15, -0.1) is 0 Å². The van der Waals surface area contributed by atoms with Gasteiger partial charge in [-0.1, -0.05) is 11.6 Å². The second kappa shape index (κ2) is 6.62. The number of aromatic carboxylic acids is 1. The molecule has 2 rings (SSSR count). The van der Waals surface area contributed by atoms with Crippen molar-refractivity contribution in [3.05, 3.63) is 22.8 Å². The molecule has 2 heterocycles. The Kier molecular flexibility index (Phi) is 4.85. The summed E-state index contributed by atoms with van der Waals surface area (Å²) in [5, 5.41) is 9.18. The number of nitrogens with zero attached hydrogens (tertiary/aromatic N) is 3. The van der Waals surface area contributed by atoms with Gasteiger partial charge in [-0.3, -0.25) is 0 Å². The van der Waals surface area contributed by atoms with E-state index in [0.717, 1.165) is 0 Å². The predicted octanol–water partition coefficient (Wildman–Crippen LogP) is 1.71. The van der Waals surface area contributed by atoms with Gasteiger partial charge < -0.3 is 19.6 Å². The van der Waals surface area contributed by atoms with Crippen LogP contribution in [0, 0.1) is 0 Å². The summed E-state index contributed by atoms with van der Waals surface area (Å²) in [6.07, 6.45) is 0.957. The minimum atomic E-state index is -1.07. The van der Waals surface area contributed by atoms with Gasteiger partial charge in [0.25, 0.3) is 0 Å². The molecule has 0 spiro atoms. The SMILES string of the molecule is CCOC(=O)N1CCN(c2ncc(C(=O)O)cc2Cl)CC1. The molecule has 0 saturated carbocycles. The van der Waals surface area contributed by atoms with E-state index in [-0.39, 0.29) is 11.7 Å². The lowest BCUT2D eigenvalue weighted by atomic mass is 10.2. The average molecular weight is 314 g/mol. The zero-order valence-corrected chi connectivity index (χ0v) is 12.3. The zero-order chi connectivity index (χ0) is 15.4. The maximum absolute atomic E-state index is 11.6. The van der Waals surface area contributed by atoms with Gasteiger partial charge in [0, 0.05) is 32.4 Å². The van der Waals surface area contributed by atoms with Crippen LogP contribution < -0.4 is 4.90 Å². The number of pyridine rings is 1. The molecule has 8 heteroatoms. The van der Waals surface area contributed by atoms with Crippen LogP contribution in [-0.2, 0) is 4.74 Å². The van der Waals surface area contributed by atoms with Crippen LogP contribution in [0.2, 0.25) is 5.02 Å². The summed E-state index contributed by atoms with van der Waals surface area (Å²) in [6.45, 7) is 4.27. The fourth-order valence-electron chi connectivity index (χ4n) is 2.10. The maximum atomic E-state index is 11.6. The number of carbonyl (C=O) groups is 2. The molecule has 0 unspecified atom stereocenters. The van der Waals surface area contributed by atoms with Crippen molar-refractivity contribution < 1.29 is 19.4 Å². The Morgan fingerprint density at radius 1 is 1.38 bits per heavy atom.